The van der Waals surface area contributed by atoms with Gasteiger partial charge in [0.2, 0.25) is 10.0 Å². The summed E-state index contributed by atoms with van der Waals surface area (Å²) in [6.45, 7) is 0.951. The normalized spacial score (nSPS) is 16.7. The van der Waals surface area contributed by atoms with Gasteiger partial charge in [0.15, 0.2) is 0 Å². The molecule has 0 saturated carbocycles. The molecule has 1 aromatic rings. The van der Waals surface area contributed by atoms with Crippen molar-refractivity contribution < 1.29 is 13.5 Å². The number of aliphatic hydroxyl groups excluding tert-OH is 1. The van der Waals surface area contributed by atoms with Crippen LogP contribution in [0.4, 0.5) is 0 Å². The fourth-order valence-corrected chi connectivity index (χ4v) is 3.69. The van der Waals surface area contributed by atoms with Crippen molar-refractivity contribution in [2.45, 2.75) is 24.2 Å². The SMILES string of the molecule is O=S(=O)(c1cccc(C#CCO)c1)N1CCCCC1. The maximum atomic E-state index is 12.4. The van der Waals surface area contributed by atoms with E-state index in [4.69, 9.17) is 5.11 Å². The van der Waals surface area contributed by atoms with Gasteiger partial charge in [0.25, 0.3) is 0 Å². The van der Waals surface area contributed by atoms with Gasteiger partial charge >= 0.3 is 0 Å². The number of hydrogen-bond donors (Lipinski definition) is 1. The minimum atomic E-state index is -3.41. The topological polar surface area (TPSA) is 57.6 Å². The summed E-state index contributed by atoms with van der Waals surface area (Å²) in [6, 6.07) is 6.57. The van der Waals surface area contributed by atoms with Crippen LogP contribution in [0.15, 0.2) is 29.2 Å². The monoisotopic (exact) mass is 279 g/mol. The second-order valence-corrected chi connectivity index (χ2v) is 6.39. The minimum Gasteiger partial charge on any atom is -0.384 e. The largest absolute Gasteiger partial charge is 0.384 e. The predicted octanol–water partition coefficient (Wildman–Crippen LogP) is 1.21. The molecule has 1 heterocycles. The van der Waals surface area contributed by atoms with Crippen LogP contribution < -0.4 is 0 Å². The molecule has 0 amide bonds. The van der Waals surface area contributed by atoms with Crippen LogP contribution in [0.1, 0.15) is 24.8 Å². The van der Waals surface area contributed by atoms with E-state index in [1.54, 1.807) is 24.3 Å². The van der Waals surface area contributed by atoms with Crippen molar-refractivity contribution in [2.75, 3.05) is 19.7 Å². The third-order valence-corrected chi connectivity index (χ3v) is 4.99. The van der Waals surface area contributed by atoms with Crippen molar-refractivity contribution in [1.29, 1.82) is 0 Å². The number of hydrogen-bond acceptors (Lipinski definition) is 3. The minimum absolute atomic E-state index is 0.233. The van der Waals surface area contributed by atoms with Gasteiger partial charge in [0.1, 0.15) is 6.61 Å². The molecule has 0 atom stereocenters. The van der Waals surface area contributed by atoms with E-state index in [0.29, 0.717) is 18.7 Å². The second kappa shape index (κ2) is 6.20. The highest BCUT2D eigenvalue weighted by atomic mass is 32.2. The third kappa shape index (κ3) is 3.35. The molecule has 0 aliphatic carbocycles. The molecule has 0 unspecified atom stereocenters. The van der Waals surface area contributed by atoms with Gasteiger partial charge < -0.3 is 5.11 Å². The molecule has 1 aliphatic rings. The molecule has 102 valence electrons. The zero-order chi connectivity index (χ0) is 13.7. The Kier molecular flexibility index (Phi) is 4.59. The third-order valence-electron chi connectivity index (χ3n) is 3.10. The summed E-state index contributed by atoms with van der Waals surface area (Å²) < 4.78 is 26.4. The number of rotatable bonds is 2. The van der Waals surface area contributed by atoms with Crippen molar-refractivity contribution in [3.8, 4) is 11.8 Å². The molecule has 1 fully saturated rings. The Morgan fingerprint density at radius 1 is 1.21 bits per heavy atom. The maximum absolute atomic E-state index is 12.4. The molecule has 5 heteroatoms. The van der Waals surface area contributed by atoms with E-state index in [1.165, 1.54) is 4.31 Å². The molecule has 0 aromatic heterocycles. The molecule has 0 radical (unpaired) electrons. The van der Waals surface area contributed by atoms with E-state index >= 15 is 0 Å². The second-order valence-electron chi connectivity index (χ2n) is 4.45. The van der Waals surface area contributed by atoms with Gasteiger partial charge in [-0.3, -0.25) is 0 Å². The van der Waals surface area contributed by atoms with Crippen molar-refractivity contribution in [1.82, 2.24) is 4.31 Å². The first-order valence-electron chi connectivity index (χ1n) is 6.34. The smallest absolute Gasteiger partial charge is 0.243 e. The van der Waals surface area contributed by atoms with Gasteiger partial charge in [-0.2, -0.15) is 4.31 Å². The lowest BCUT2D eigenvalue weighted by molar-refractivity contribution is 0.346. The molecule has 2 rings (SSSR count). The number of benzene rings is 1. The van der Waals surface area contributed by atoms with Crippen LogP contribution in [-0.4, -0.2) is 37.5 Å². The Morgan fingerprint density at radius 2 is 1.95 bits per heavy atom. The molecule has 0 bridgehead atoms. The van der Waals surface area contributed by atoms with Crippen molar-refractivity contribution in [3.63, 3.8) is 0 Å². The Labute approximate surface area is 114 Å². The highest BCUT2D eigenvalue weighted by Crippen LogP contribution is 2.20. The zero-order valence-corrected chi connectivity index (χ0v) is 11.5. The van der Waals surface area contributed by atoms with Crippen LogP contribution >= 0.6 is 0 Å². The summed E-state index contributed by atoms with van der Waals surface area (Å²) in [6.07, 6.45) is 2.93. The first-order chi connectivity index (χ1) is 9.14. The van der Waals surface area contributed by atoms with E-state index in [-0.39, 0.29) is 11.5 Å². The Hall–Kier alpha value is -1.35. The van der Waals surface area contributed by atoms with Crippen LogP contribution in [0, 0.1) is 11.8 Å². The quantitative estimate of drug-likeness (QED) is 0.828. The predicted molar refractivity (Wildman–Crippen MR) is 73.0 cm³/mol. The summed E-state index contributed by atoms with van der Waals surface area (Å²) in [7, 11) is -3.41. The molecular weight excluding hydrogens is 262 g/mol. The van der Waals surface area contributed by atoms with Gasteiger partial charge in [-0.25, -0.2) is 8.42 Å². The molecule has 0 spiro atoms. The van der Waals surface area contributed by atoms with Gasteiger partial charge in [0, 0.05) is 18.7 Å². The van der Waals surface area contributed by atoms with Crippen LogP contribution in [0.25, 0.3) is 0 Å². The molecule has 1 aromatic carbocycles. The summed E-state index contributed by atoms with van der Waals surface area (Å²) in [5, 5.41) is 8.66. The van der Waals surface area contributed by atoms with Crippen LogP contribution in [0.5, 0.6) is 0 Å². The Bertz CT molecular complexity index is 593. The molecule has 19 heavy (non-hydrogen) atoms. The van der Waals surface area contributed by atoms with Crippen LogP contribution in [-0.2, 0) is 10.0 Å². The van der Waals surface area contributed by atoms with E-state index in [0.717, 1.165) is 19.3 Å². The summed E-state index contributed by atoms with van der Waals surface area (Å²) in [5.41, 5.74) is 0.604. The molecule has 1 N–H and O–H groups in total. The summed E-state index contributed by atoms with van der Waals surface area (Å²) in [5.74, 6) is 5.25. The van der Waals surface area contributed by atoms with Crippen molar-refractivity contribution >= 4 is 10.0 Å². The molecule has 4 nitrogen and oxygen atoms in total. The van der Waals surface area contributed by atoms with Gasteiger partial charge in [0.05, 0.1) is 4.90 Å². The van der Waals surface area contributed by atoms with E-state index < -0.39 is 10.0 Å². The number of aliphatic hydroxyl groups is 1. The number of nitrogens with zero attached hydrogens (tertiary/aromatic N) is 1. The zero-order valence-electron chi connectivity index (χ0n) is 10.7. The lowest BCUT2D eigenvalue weighted by atomic mass is 10.2. The maximum Gasteiger partial charge on any atom is 0.243 e. The van der Waals surface area contributed by atoms with E-state index in [1.807, 2.05) is 0 Å². The molecular formula is C14H17NO3S. The highest BCUT2D eigenvalue weighted by molar-refractivity contribution is 7.89. The van der Waals surface area contributed by atoms with Crippen LogP contribution in [0.2, 0.25) is 0 Å². The Balaban J connectivity index is 2.29. The van der Waals surface area contributed by atoms with Gasteiger partial charge in [-0.15, -0.1) is 0 Å². The lowest BCUT2D eigenvalue weighted by Gasteiger charge is -2.25. The fourth-order valence-electron chi connectivity index (χ4n) is 2.13. The van der Waals surface area contributed by atoms with Gasteiger partial charge in [-0.05, 0) is 31.0 Å². The molecule has 1 aliphatic heterocycles. The fraction of sp³-hybridized carbons (Fsp3) is 0.429. The first kappa shape index (κ1) is 14.1. The van der Waals surface area contributed by atoms with Crippen molar-refractivity contribution in [3.05, 3.63) is 29.8 Å². The van der Waals surface area contributed by atoms with Crippen LogP contribution in [0.3, 0.4) is 0 Å². The molecule has 1 saturated heterocycles. The Morgan fingerprint density at radius 3 is 2.63 bits per heavy atom. The standard InChI is InChI=1S/C14H17NO3S/c16-11-5-7-13-6-4-8-14(12-13)19(17,18)15-9-2-1-3-10-15/h4,6,8,12,16H,1-3,9-11H2. The van der Waals surface area contributed by atoms with Crippen molar-refractivity contribution in [2.24, 2.45) is 0 Å². The highest BCUT2D eigenvalue weighted by Gasteiger charge is 2.25. The lowest BCUT2D eigenvalue weighted by Crippen LogP contribution is -2.35. The first-order valence-corrected chi connectivity index (χ1v) is 7.78. The average Bonchev–Trinajstić information content (AvgIpc) is 2.46. The van der Waals surface area contributed by atoms with E-state index in [9.17, 15) is 8.42 Å². The summed E-state index contributed by atoms with van der Waals surface area (Å²) >= 11 is 0. The van der Waals surface area contributed by atoms with Gasteiger partial charge in [-0.1, -0.05) is 24.3 Å². The number of piperidine rings is 1. The summed E-state index contributed by atoms with van der Waals surface area (Å²) in [4.78, 5) is 0.277. The average molecular weight is 279 g/mol. The number of sulfonamides is 1. The van der Waals surface area contributed by atoms with E-state index in [2.05, 4.69) is 11.8 Å².